The molecular formula is C6H20Na8O18. The fourth-order valence-electron chi connectivity index (χ4n) is 0. The van der Waals surface area contributed by atoms with Gasteiger partial charge in [0.05, 0.1) is 0 Å². The zero-order valence-corrected chi connectivity index (χ0v) is 34.8. The summed E-state index contributed by atoms with van der Waals surface area (Å²) in [5.74, 6) is 0. The first kappa shape index (κ1) is 91.3. The van der Waals surface area contributed by atoms with E-state index in [1.807, 2.05) is 0 Å². The summed E-state index contributed by atoms with van der Waals surface area (Å²) in [4.78, 5) is 51.3. The molecule has 0 aromatic carbocycles. The van der Waals surface area contributed by atoms with Crippen LogP contribution in [0.4, 0.5) is 28.8 Å². The Morgan fingerprint density at radius 1 is 0.250 bits per heavy atom. The summed E-state index contributed by atoms with van der Waals surface area (Å²) in [5, 5.41) is 83.7. The molecule has 0 spiro atoms. The molecule has 0 aromatic rings. The molecule has 0 saturated carbocycles. The van der Waals surface area contributed by atoms with E-state index in [4.69, 9.17) is 90.0 Å². The molecule has 0 aromatic heterocycles. The average molecular weight is 564 g/mol. The molecule has 0 heterocycles. The van der Waals surface area contributed by atoms with Gasteiger partial charge >= 0.3 is 273 Å². The van der Waals surface area contributed by atoms with E-state index in [9.17, 15) is 0 Å². The van der Waals surface area contributed by atoms with Crippen LogP contribution < -0.4 is 236 Å². The van der Waals surface area contributed by atoms with Crippen LogP contribution in [0, 0.1) is 0 Å². The Morgan fingerprint density at radius 3 is 0.250 bits per heavy atom. The van der Waals surface area contributed by atoms with E-state index in [0.29, 0.717) is 0 Å². The molecule has 26 heteroatoms. The van der Waals surface area contributed by atoms with Crippen molar-refractivity contribution >= 4 is 36.9 Å². The molecule has 12 N–H and O–H groups in total. The molecule has 32 heavy (non-hydrogen) atoms. The molecule has 0 aliphatic rings. The van der Waals surface area contributed by atoms with Gasteiger partial charge in [-0.25, -0.2) is 28.8 Å². The third-order valence-corrected chi connectivity index (χ3v) is 0. The summed E-state index contributed by atoms with van der Waals surface area (Å²) in [6.07, 6.45) is -11.0. The summed E-state index contributed by atoms with van der Waals surface area (Å²) >= 11 is 0. The molecule has 0 aliphatic carbocycles. The van der Waals surface area contributed by atoms with Gasteiger partial charge in [-0.05, 0) is 0 Å². The van der Waals surface area contributed by atoms with E-state index in [1.54, 1.807) is 0 Å². The van der Waals surface area contributed by atoms with Gasteiger partial charge in [-0.15, -0.1) is 0 Å². The Balaban J connectivity index is -0.00000000450. The Bertz CT molecular complexity index is 305. The molecule has 0 bridgehead atoms. The van der Waals surface area contributed by atoms with Crippen LogP contribution in [0.25, 0.3) is 0 Å². The van der Waals surface area contributed by atoms with Crippen molar-refractivity contribution in [3.8, 4) is 0 Å². The fourth-order valence-corrected chi connectivity index (χ4v) is 0. The Labute approximate surface area is 367 Å². The van der Waals surface area contributed by atoms with Crippen LogP contribution in [0.5, 0.6) is 0 Å². The number of carbonyl (C=O) groups is 6. The van der Waals surface area contributed by atoms with Gasteiger partial charge in [0, 0.05) is 0 Å². The predicted molar refractivity (Wildman–Crippen MR) is 72.8 cm³/mol. The number of carboxylic acid groups (broad SMARTS) is 12. The molecule has 0 fully saturated rings. The average Bonchev–Trinajstić information content (AvgIpc) is 2.08. The second kappa shape index (κ2) is 83.7. The van der Waals surface area contributed by atoms with Crippen LogP contribution >= 0.6 is 0 Å². The van der Waals surface area contributed by atoms with Gasteiger partial charge in [0.1, 0.15) is 0 Å². The summed E-state index contributed by atoms with van der Waals surface area (Å²) in [7, 11) is 0. The minimum Gasteiger partial charge on any atom is -1.00 e. The van der Waals surface area contributed by atoms with Crippen molar-refractivity contribution in [2.75, 3.05) is 0 Å². The van der Waals surface area contributed by atoms with E-state index in [-0.39, 0.29) is 248 Å². The minimum absolute atomic E-state index is 0. The quantitative estimate of drug-likeness (QED) is 0.121. The van der Waals surface area contributed by atoms with Gasteiger partial charge in [0.2, 0.25) is 0 Å². The zero-order chi connectivity index (χ0) is 21.5. The van der Waals surface area contributed by atoms with Gasteiger partial charge < -0.3 is 72.7 Å². The van der Waals surface area contributed by atoms with Crippen molar-refractivity contribution in [2.45, 2.75) is 0 Å². The van der Waals surface area contributed by atoms with Crippen molar-refractivity contribution in [1.29, 1.82) is 0 Å². The zero-order valence-electron chi connectivity index (χ0n) is 26.8. The summed E-state index contributed by atoms with van der Waals surface area (Å²) in [5.41, 5.74) is 0. The maximum Gasteiger partial charge on any atom is 1.00 e. The van der Waals surface area contributed by atoms with Gasteiger partial charge in [-0.3, -0.25) is 0 Å². The molecule has 18 nitrogen and oxygen atoms in total. The summed E-state index contributed by atoms with van der Waals surface area (Å²) < 4.78 is 0. The van der Waals surface area contributed by atoms with Crippen LogP contribution in [0.2, 0.25) is 0 Å². The second-order valence-corrected chi connectivity index (χ2v) is 1.70. The van der Waals surface area contributed by atoms with Crippen molar-refractivity contribution in [1.82, 2.24) is 0 Å². The van der Waals surface area contributed by atoms with Crippen LogP contribution in [0.1, 0.15) is 11.4 Å². The first-order valence-corrected chi connectivity index (χ1v) is 3.91. The largest absolute Gasteiger partial charge is 1.00 e. The molecule has 0 saturated heterocycles. The maximum absolute atomic E-state index is 8.56. The molecule has 0 unspecified atom stereocenters. The Kier molecular flexibility index (Phi) is 239. The minimum atomic E-state index is -1.83. The number of hydrogen-bond donors (Lipinski definition) is 12. The van der Waals surface area contributed by atoms with Crippen molar-refractivity contribution in [3.63, 3.8) is 0 Å². The van der Waals surface area contributed by atoms with E-state index in [0.717, 1.165) is 0 Å². The summed E-state index contributed by atoms with van der Waals surface area (Å²) in [6.45, 7) is 0. The molecule has 0 amide bonds. The number of hydrogen-bond acceptors (Lipinski definition) is 6. The molecule has 0 atom stereocenters. The standard InChI is InChI=1S/6CH2O3.8Na.8H/c6*2-1(3)4;;;;;;;;;;;;;;;;/h6*(H2,2,3,4);;;;;;;;;;;;;;;;/q;;;;;;8*+1;8*-1. The molecule has 0 radical (unpaired) electrons. The smallest absolute Gasteiger partial charge is 1.00 e. The molecule has 0 aliphatic heterocycles. The molecular weight excluding hydrogens is 544 g/mol. The first-order valence-electron chi connectivity index (χ1n) is 3.91. The van der Waals surface area contributed by atoms with Crippen LogP contribution in [0.15, 0.2) is 0 Å². The fraction of sp³-hybridized carbons (Fsp3) is 0. The first-order chi connectivity index (χ1) is 10.4. The SMILES string of the molecule is O=C(O)O.O=C(O)O.O=C(O)O.O=C(O)O.O=C(O)O.O=C(O)O.[H-].[H-].[H-].[H-].[H-].[H-].[H-].[H-].[Na+].[Na+].[Na+].[Na+].[Na+].[Na+].[Na+].[Na+]. The van der Waals surface area contributed by atoms with Crippen molar-refractivity contribution < 1.29 is 338 Å². The van der Waals surface area contributed by atoms with Crippen molar-refractivity contribution in [3.05, 3.63) is 0 Å². The van der Waals surface area contributed by atoms with E-state index < -0.39 is 36.9 Å². The van der Waals surface area contributed by atoms with Gasteiger partial charge in [0.25, 0.3) is 0 Å². The van der Waals surface area contributed by atoms with Crippen LogP contribution in [-0.2, 0) is 0 Å². The topological polar surface area (TPSA) is 345 Å². The normalized spacial score (nSPS) is 4.50. The van der Waals surface area contributed by atoms with E-state index >= 15 is 0 Å². The monoisotopic (exact) mass is 564 g/mol. The third kappa shape index (κ3) is 2730. The van der Waals surface area contributed by atoms with Crippen LogP contribution in [-0.4, -0.2) is 98.2 Å². The van der Waals surface area contributed by atoms with Crippen molar-refractivity contribution in [2.24, 2.45) is 0 Å². The maximum atomic E-state index is 8.56. The van der Waals surface area contributed by atoms with Crippen LogP contribution in [0.3, 0.4) is 0 Å². The Hall–Kier alpha value is 3.62. The third-order valence-electron chi connectivity index (χ3n) is 0. The molecule has 160 valence electrons. The number of rotatable bonds is 0. The second-order valence-electron chi connectivity index (χ2n) is 1.70. The van der Waals surface area contributed by atoms with Gasteiger partial charge in [0.15, 0.2) is 0 Å². The molecule has 0 rings (SSSR count). The van der Waals surface area contributed by atoms with E-state index in [2.05, 4.69) is 0 Å². The van der Waals surface area contributed by atoms with Gasteiger partial charge in [-0.1, -0.05) is 0 Å². The predicted octanol–water partition coefficient (Wildman–Crippen LogP) is -21.7. The summed E-state index contributed by atoms with van der Waals surface area (Å²) in [6, 6.07) is 0. The van der Waals surface area contributed by atoms with Gasteiger partial charge in [-0.2, -0.15) is 0 Å². The van der Waals surface area contributed by atoms with E-state index in [1.165, 1.54) is 0 Å². The Morgan fingerprint density at radius 2 is 0.250 bits per heavy atom.